The lowest BCUT2D eigenvalue weighted by atomic mass is 10.1. The van der Waals surface area contributed by atoms with Crippen molar-refractivity contribution in [1.82, 2.24) is 9.80 Å². The highest BCUT2D eigenvalue weighted by Gasteiger charge is 2.22. The number of hydrogen-bond donors (Lipinski definition) is 0. The molecular weight excluding hydrogens is 216 g/mol. The average molecular weight is 244 g/mol. The summed E-state index contributed by atoms with van der Waals surface area (Å²) < 4.78 is 5.11. The summed E-state index contributed by atoms with van der Waals surface area (Å²) in [6, 6.07) is -0.0814. The highest BCUT2D eigenvalue weighted by molar-refractivity contribution is 5.75. The summed E-state index contributed by atoms with van der Waals surface area (Å²) in [7, 11) is 6.14. The Labute approximate surface area is 106 Å². The molecule has 0 saturated carbocycles. The predicted molar refractivity (Wildman–Crippen MR) is 71.1 cm³/mol. The van der Waals surface area contributed by atoms with Gasteiger partial charge in [0.15, 0.2) is 0 Å². The van der Waals surface area contributed by atoms with Crippen LogP contribution in [0.3, 0.4) is 0 Å². The number of carbonyl (C=O) groups is 1. The Bertz CT molecular complexity index is 208. The molecular formula is C13H28N2O2. The minimum Gasteiger partial charge on any atom is -0.465 e. The molecule has 0 aromatic rings. The molecule has 4 nitrogen and oxygen atoms in total. The lowest BCUT2D eigenvalue weighted by Gasteiger charge is -2.26. The van der Waals surface area contributed by atoms with Crippen molar-refractivity contribution in [2.45, 2.75) is 39.2 Å². The fourth-order valence-corrected chi connectivity index (χ4v) is 1.82. The van der Waals surface area contributed by atoms with E-state index in [0.717, 1.165) is 32.4 Å². The molecule has 17 heavy (non-hydrogen) atoms. The van der Waals surface area contributed by atoms with E-state index in [1.165, 1.54) is 0 Å². The number of rotatable bonds is 9. The predicted octanol–water partition coefficient (Wildman–Crippen LogP) is 1.60. The van der Waals surface area contributed by atoms with Gasteiger partial charge in [0.1, 0.15) is 6.04 Å². The van der Waals surface area contributed by atoms with Crippen molar-refractivity contribution in [2.24, 2.45) is 0 Å². The molecule has 0 aliphatic carbocycles. The molecule has 4 heteroatoms. The summed E-state index contributed by atoms with van der Waals surface area (Å²) in [6.45, 7) is 6.39. The van der Waals surface area contributed by atoms with Crippen LogP contribution in [-0.2, 0) is 9.53 Å². The van der Waals surface area contributed by atoms with Crippen molar-refractivity contribution in [3.8, 4) is 0 Å². The molecule has 102 valence electrons. The van der Waals surface area contributed by atoms with Gasteiger partial charge in [0.25, 0.3) is 0 Å². The number of likely N-dealkylation sites (N-methyl/N-ethyl adjacent to an activating group) is 1. The number of nitrogens with zero attached hydrogens (tertiary/aromatic N) is 2. The fourth-order valence-electron chi connectivity index (χ4n) is 1.82. The van der Waals surface area contributed by atoms with Crippen LogP contribution in [0.4, 0.5) is 0 Å². The van der Waals surface area contributed by atoms with Crippen molar-refractivity contribution in [3.05, 3.63) is 0 Å². The minimum atomic E-state index is -0.0818. The van der Waals surface area contributed by atoms with Gasteiger partial charge in [-0.1, -0.05) is 13.3 Å². The average Bonchev–Trinajstić information content (AvgIpc) is 2.25. The van der Waals surface area contributed by atoms with E-state index < -0.39 is 0 Å². The van der Waals surface area contributed by atoms with Gasteiger partial charge in [0.05, 0.1) is 6.61 Å². The smallest absolute Gasteiger partial charge is 0.323 e. The summed E-state index contributed by atoms with van der Waals surface area (Å²) >= 11 is 0. The van der Waals surface area contributed by atoms with Gasteiger partial charge < -0.3 is 9.64 Å². The molecule has 0 aromatic carbocycles. The van der Waals surface area contributed by atoms with Crippen molar-refractivity contribution in [3.63, 3.8) is 0 Å². The topological polar surface area (TPSA) is 32.8 Å². The van der Waals surface area contributed by atoms with Gasteiger partial charge >= 0.3 is 5.97 Å². The standard InChI is InChI=1S/C13H28N2O2/c1-6-9-12(13(16)17-7-2)15(5)11-8-10-14(3)4/h12H,6-11H2,1-5H3. The largest absolute Gasteiger partial charge is 0.465 e. The molecule has 0 aliphatic rings. The second-order valence-electron chi connectivity index (χ2n) is 4.69. The molecule has 0 heterocycles. The Morgan fingerprint density at radius 1 is 1.18 bits per heavy atom. The zero-order valence-corrected chi connectivity index (χ0v) is 12.0. The van der Waals surface area contributed by atoms with E-state index >= 15 is 0 Å². The van der Waals surface area contributed by atoms with Gasteiger partial charge in [-0.25, -0.2) is 0 Å². The van der Waals surface area contributed by atoms with Gasteiger partial charge in [0, 0.05) is 0 Å². The van der Waals surface area contributed by atoms with Crippen LogP contribution in [0, 0.1) is 0 Å². The molecule has 0 saturated heterocycles. The second-order valence-corrected chi connectivity index (χ2v) is 4.69. The van der Waals surface area contributed by atoms with E-state index in [2.05, 4.69) is 30.8 Å². The monoisotopic (exact) mass is 244 g/mol. The van der Waals surface area contributed by atoms with Gasteiger partial charge in [0.2, 0.25) is 0 Å². The van der Waals surface area contributed by atoms with Crippen LogP contribution in [0.15, 0.2) is 0 Å². The Kier molecular flexibility index (Phi) is 9.09. The second kappa shape index (κ2) is 9.42. The number of hydrogen-bond acceptors (Lipinski definition) is 4. The van der Waals surface area contributed by atoms with Crippen LogP contribution in [0.1, 0.15) is 33.1 Å². The normalized spacial score (nSPS) is 13.1. The lowest BCUT2D eigenvalue weighted by molar-refractivity contribution is -0.149. The van der Waals surface area contributed by atoms with E-state index in [1.54, 1.807) is 0 Å². The molecule has 0 rings (SSSR count). The van der Waals surface area contributed by atoms with E-state index in [1.807, 2.05) is 14.0 Å². The fraction of sp³-hybridized carbons (Fsp3) is 0.923. The molecule has 1 unspecified atom stereocenters. The minimum absolute atomic E-state index is 0.0814. The molecule has 0 radical (unpaired) electrons. The molecule has 0 spiro atoms. The zero-order valence-electron chi connectivity index (χ0n) is 12.0. The first kappa shape index (κ1) is 16.4. The van der Waals surface area contributed by atoms with Crippen molar-refractivity contribution >= 4 is 5.97 Å². The third kappa shape index (κ3) is 7.34. The number of esters is 1. The van der Waals surface area contributed by atoms with Crippen molar-refractivity contribution in [1.29, 1.82) is 0 Å². The molecule has 0 N–H and O–H groups in total. The van der Waals surface area contributed by atoms with Gasteiger partial charge in [-0.15, -0.1) is 0 Å². The highest BCUT2D eigenvalue weighted by Crippen LogP contribution is 2.08. The maximum absolute atomic E-state index is 11.8. The van der Waals surface area contributed by atoms with E-state index in [4.69, 9.17) is 4.74 Å². The summed E-state index contributed by atoms with van der Waals surface area (Å²) in [6.07, 6.45) is 2.95. The molecule has 0 aromatic heterocycles. The first-order valence-electron chi connectivity index (χ1n) is 6.54. The Hall–Kier alpha value is -0.610. The van der Waals surface area contributed by atoms with Crippen molar-refractivity contribution in [2.75, 3.05) is 40.8 Å². The van der Waals surface area contributed by atoms with Gasteiger partial charge in [-0.2, -0.15) is 0 Å². The third-order valence-corrected chi connectivity index (χ3v) is 2.77. The first-order valence-corrected chi connectivity index (χ1v) is 6.54. The number of carbonyl (C=O) groups excluding carboxylic acids is 1. The lowest BCUT2D eigenvalue weighted by Crippen LogP contribution is -2.40. The Morgan fingerprint density at radius 3 is 2.29 bits per heavy atom. The molecule has 0 fully saturated rings. The van der Waals surface area contributed by atoms with Crippen LogP contribution < -0.4 is 0 Å². The van der Waals surface area contributed by atoms with E-state index in [-0.39, 0.29) is 12.0 Å². The van der Waals surface area contributed by atoms with Crippen LogP contribution in [0.5, 0.6) is 0 Å². The maximum Gasteiger partial charge on any atom is 0.323 e. The molecule has 0 bridgehead atoms. The summed E-state index contributed by atoms with van der Waals surface area (Å²) in [5, 5.41) is 0. The van der Waals surface area contributed by atoms with Crippen LogP contribution in [0.25, 0.3) is 0 Å². The van der Waals surface area contributed by atoms with Crippen LogP contribution in [-0.4, -0.2) is 62.7 Å². The van der Waals surface area contributed by atoms with Gasteiger partial charge in [-0.3, -0.25) is 9.69 Å². The number of ether oxygens (including phenoxy) is 1. The molecule has 0 amide bonds. The summed E-state index contributed by atoms with van der Waals surface area (Å²) in [4.78, 5) is 16.1. The van der Waals surface area contributed by atoms with E-state index in [0.29, 0.717) is 6.61 Å². The molecule has 0 aliphatic heterocycles. The quantitative estimate of drug-likeness (QED) is 0.577. The van der Waals surface area contributed by atoms with Crippen molar-refractivity contribution < 1.29 is 9.53 Å². The SMILES string of the molecule is CCCC(C(=O)OCC)N(C)CCCN(C)C. The Morgan fingerprint density at radius 2 is 1.82 bits per heavy atom. The summed E-state index contributed by atoms with van der Waals surface area (Å²) in [5.74, 6) is -0.0818. The summed E-state index contributed by atoms with van der Waals surface area (Å²) in [5.41, 5.74) is 0. The van der Waals surface area contributed by atoms with E-state index in [9.17, 15) is 4.79 Å². The third-order valence-electron chi connectivity index (χ3n) is 2.77. The van der Waals surface area contributed by atoms with Crippen LogP contribution in [0.2, 0.25) is 0 Å². The zero-order chi connectivity index (χ0) is 13.3. The first-order chi connectivity index (χ1) is 8.02. The Balaban J connectivity index is 4.13. The molecule has 1 atom stereocenters. The van der Waals surface area contributed by atoms with Crippen LogP contribution >= 0.6 is 0 Å². The maximum atomic E-state index is 11.8. The highest BCUT2D eigenvalue weighted by atomic mass is 16.5. The van der Waals surface area contributed by atoms with Gasteiger partial charge in [-0.05, 0) is 54.0 Å².